The van der Waals surface area contributed by atoms with Crippen LogP contribution in [0.1, 0.15) is 5.56 Å². The number of halogens is 1. The van der Waals surface area contributed by atoms with Crippen LogP contribution >= 0.6 is 0 Å². The van der Waals surface area contributed by atoms with Crippen LogP contribution < -0.4 is 5.32 Å². The van der Waals surface area contributed by atoms with Crippen LogP contribution in [0.4, 0.5) is 4.39 Å². The minimum absolute atomic E-state index is 0.00910. The van der Waals surface area contributed by atoms with Crippen molar-refractivity contribution in [3.63, 3.8) is 0 Å². The van der Waals surface area contributed by atoms with Gasteiger partial charge in [-0.15, -0.1) is 0 Å². The second kappa shape index (κ2) is 7.07. The summed E-state index contributed by atoms with van der Waals surface area (Å²) < 4.78 is 17.4. The summed E-state index contributed by atoms with van der Waals surface area (Å²) in [6, 6.07) is 8.01. The van der Waals surface area contributed by atoms with Gasteiger partial charge in [0, 0.05) is 18.2 Å². The predicted octanol–water partition coefficient (Wildman–Crippen LogP) is 1.54. The van der Waals surface area contributed by atoms with E-state index < -0.39 is 5.97 Å². The summed E-state index contributed by atoms with van der Waals surface area (Å²) in [4.78, 5) is 10.8. The SMILES string of the molecule is COC(=O)CN/C=C(/C#N)Cc1cccc(F)c1. The maximum Gasteiger partial charge on any atom is 0.325 e. The minimum Gasteiger partial charge on any atom is -0.468 e. The Morgan fingerprint density at radius 3 is 3.00 bits per heavy atom. The highest BCUT2D eigenvalue weighted by molar-refractivity contribution is 5.71. The smallest absolute Gasteiger partial charge is 0.325 e. The summed E-state index contributed by atoms with van der Waals surface area (Å²) >= 11 is 0. The fourth-order valence-electron chi connectivity index (χ4n) is 1.32. The molecule has 0 aromatic heterocycles. The molecule has 0 aliphatic heterocycles. The van der Waals surface area contributed by atoms with Crippen molar-refractivity contribution in [3.8, 4) is 6.07 Å². The molecule has 5 heteroatoms. The number of esters is 1. The van der Waals surface area contributed by atoms with Gasteiger partial charge >= 0.3 is 5.97 Å². The molecule has 0 heterocycles. The minimum atomic E-state index is -0.422. The van der Waals surface area contributed by atoms with Crippen LogP contribution in [0.25, 0.3) is 0 Å². The fourth-order valence-corrected chi connectivity index (χ4v) is 1.32. The van der Waals surface area contributed by atoms with E-state index in [4.69, 9.17) is 5.26 Å². The molecule has 0 saturated carbocycles. The first kappa shape index (κ1) is 13.7. The van der Waals surface area contributed by atoms with Crippen LogP contribution in [0.3, 0.4) is 0 Å². The molecule has 0 saturated heterocycles. The lowest BCUT2D eigenvalue weighted by molar-refractivity contribution is -0.139. The summed E-state index contributed by atoms with van der Waals surface area (Å²) in [7, 11) is 1.28. The lowest BCUT2D eigenvalue weighted by atomic mass is 10.1. The Hall–Kier alpha value is -2.35. The van der Waals surface area contributed by atoms with Crippen molar-refractivity contribution in [1.29, 1.82) is 5.26 Å². The molecule has 1 aromatic carbocycles. The van der Waals surface area contributed by atoms with Crippen LogP contribution in [0.15, 0.2) is 36.0 Å². The number of nitriles is 1. The maximum atomic E-state index is 12.9. The average molecular weight is 248 g/mol. The number of carbonyl (C=O) groups excluding carboxylic acids is 1. The van der Waals surface area contributed by atoms with E-state index in [1.54, 1.807) is 12.1 Å². The third kappa shape index (κ3) is 4.66. The number of benzene rings is 1. The molecule has 1 N–H and O–H groups in total. The summed E-state index contributed by atoms with van der Waals surface area (Å²) in [5.74, 6) is -0.762. The number of nitrogens with one attached hydrogen (secondary N) is 1. The van der Waals surface area contributed by atoms with E-state index in [-0.39, 0.29) is 12.4 Å². The standard InChI is InChI=1S/C13H13FN2O2/c1-18-13(17)9-16-8-11(7-15)5-10-3-2-4-12(14)6-10/h2-4,6,8,16H,5,9H2,1H3/b11-8+. The van der Waals surface area contributed by atoms with Gasteiger partial charge in [0.15, 0.2) is 0 Å². The van der Waals surface area contributed by atoms with E-state index in [2.05, 4.69) is 10.1 Å². The van der Waals surface area contributed by atoms with E-state index in [1.165, 1.54) is 25.4 Å². The lowest BCUT2D eigenvalue weighted by Gasteiger charge is -2.02. The molecule has 0 bridgehead atoms. The molecule has 94 valence electrons. The van der Waals surface area contributed by atoms with Gasteiger partial charge in [-0.25, -0.2) is 4.39 Å². The Kier molecular flexibility index (Phi) is 5.39. The zero-order chi connectivity index (χ0) is 13.4. The topological polar surface area (TPSA) is 62.1 Å². The molecule has 0 radical (unpaired) electrons. The Bertz CT molecular complexity index is 492. The second-order valence-electron chi connectivity index (χ2n) is 3.55. The number of rotatable bonds is 5. The average Bonchev–Trinajstić information content (AvgIpc) is 2.37. The first-order valence-corrected chi connectivity index (χ1v) is 5.29. The Morgan fingerprint density at radius 1 is 1.61 bits per heavy atom. The van der Waals surface area contributed by atoms with Gasteiger partial charge in [0.05, 0.1) is 13.2 Å². The number of nitrogens with zero attached hydrogens (tertiary/aromatic N) is 1. The van der Waals surface area contributed by atoms with Crippen molar-refractivity contribution >= 4 is 5.97 Å². The van der Waals surface area contributed by atoms with Gasteiger partial charge in [-0.05, 0) is 17.7 Å². The van der Waals surface area contributed by atoms with Gasteiger partial charge in [-0.3, -0.25) is 4.79 Å². The van der Waals surface area contributed by atoms with Crippen LogP contribution in [0.5, 0.6) is 0 Å². The van der Waals surface area contributed by atoms with Crippen molar-refractivity contribution in [1.82, 2.24) is 5.32 Å². The largest absolute Gasteiger partial charge is 0.468 e. The zero-order valence-corrected chi connectivity index (χ0v) is 9.94. The predicted molar refractivity (Wildman–Crippen MR) is 63.8 cm³/mol. The Balaban J connectivity index is 2.59. The van der Waals surface area contributed by atoms with Gasteiger partial charge in [0.25, 0.3) is 0 Å². The van der Waals surface area contributed by atoms with Crippen LogP contribution in [0, 0.1) is 17.1 Å². The van der Waals surface area contributed by atoms with Crippen LogP contribution in [-0.2, 0) is 16.0 Å². The first-order valence-electron chi connectivity index (χ1n) is 5.29. The second-order valence-corrected chi connectivity index (χ2v) is 3.55. The molecular formula is C13H13FN2O2. The summed E-state index contributed by atoms with van der Waals surface area (Å²) in [5.41, 5.74) is 1.10. The van der Waals surface area contributed by atoms with E-state index in [0.29, 0.717) is 17.6 Å². The first-order chi connectivity index (χ1) is 8.65. The lowest BCUT2D eigenvalue weighted by Crippen LogP contribution is -2.19. The highest BCUT2D eigenvalue weighted by atomic mass is 19.1. The molecule has 0 fully saturated rings. The molecule has 0 aliphatic rings. The van der Waals surface area contributed by atoms with Gasteiger partial charge in [0.1, 0.15) is 12.4 Å². The quantitative estimate of drug-likeness (QED) is 0.634. The number of carbonyl (C=O) groups is 1. The number of ether oxygens (including phenoxy) is 1. The fraction of sp³-hybridized carbons (Fsp3) is 0.231. The van der Waals surface area contributed by atoms with Crippen LogP contribution in [0.2, 0.25) is 0 Å². The normalized spacial score (nSPS) is 10.6. The highest BCUT2D eigenvalue weighted by Crippen LogP contribution is 2.08. The molecule has 0 spiro atoms. The molecule has 1 rings (SSSR count). The zero-order valence-electron chi connectivity index (χ0n) is 9.94. The van der Waals surface area contributed by atoms with Gasteiger partial charge < -0.3 is 10.1 Å². The Labute approximate surface area is 105 Å². The van der Waals surface area contributed by atoms with Gasteiger partial charge in [0.2, 0.25) is 0 Å². The van der Waals surface area contributed by atoms with E-state index in [9.17, 15) is 9.18 Å². The van der Waals surface area contributed by atoms with E-state index >= 15 is 0 Å². The Morgan fingerprint density at radius 2 is 2.39 bits per heavy atom. The third-order valence-electron chi connectivity index (χ3n) is 2.18. The van der Waals surface area contributed by atoms with Gasteiger partial charge in [-0.2, -0.15) is 5.26 Å². The number of hydrogen-bond acceptors (Lipinski definition) is 4. The molecule has 18 heavy (non-hydrogen) atoms. The van der Waals surface area contributed by atoms with Crippen molar-refractivity contribution in [2.24, 2.45) is 0 Å². The number of allylic oxidation sites excluding steroid dienone is 1. The number of hydrogen-bond donors (Lipinski definition) is 1. The van der Waals surface area contributed by atoms with Crippen molar-refractivity contribution < 1.29 is 13.9 Å². The maximum absolute atomic E-state index is 12.9. The summed E-state index contributed by atoms with van der Waals surface area (Å²) in [6.07, 6.45) is 1.74. The van der Waals surface area contributed by atoms with Crippen molar-refractivity contribution in [2.75, 3.05) is 13.7 Å². The summed E-state index contributed by atoms with van der Waals surface area (Å²) in [5, 5.41) is 11.6. The molecule has 0 amide bonds. The van der Waals surface area contributed by atoms with Crippen LogP contribution in [-0.4, -0.2) is 19.6 Å². The molecule has 1 aromatic rings. The molecule has 0 aliphatic carbocycles. The highest BCUT2D eigenvalue weighted by Gasteiger charge is 2.01. The molecule has 4 nitrogen and oxygen atoms in total. The number of methoxy groups -OCH3 is 1. The van der Waals surface area contributed by atoms with E-state index in [0.717, 1.165) is 0 Å². The molecule has 0 unspecified atom stereocenters. The monoisotopic (exact) mass is 248 g/mol. The summed E-state index contributed by atoms with van der Waals surface area (Å²) in [6.45, 7) is -0.00910. The third-order valence-corrected chi connectivity index (χ3v) is 2.18. The van der Waals surface area contributed by atoms with Crippen molar-refractivity contribution in [2.45, 2.75) is 6.42 Å². The molecule has 0 atom stereocenters. The van der Waals surface area contributed by atoms with Gasteiger partial charge in [-0.1, -0.05) is 12.1 Å². The molecular weight excluding hydrogens is 235 g/mol. The van der Waals surface area contributed by atoms with Crippen molar-refractivity contribution in [3.05, 3.63) is 47.4 Å². The van der Waals surface area contributed by atoms with E-state index in [1.807, 2.05) is 6.07 Å².